The second-order valence-corrected chi connectivity index (χ2v) is 5.52. The molecule has 0 fully saturated rings. The minimum atomic E-state index is -0.849. The summed E-state index contributed by atoms with van der Waals surface area (Å²) < 4.78 is 23.7. The van der Waals surface area contributed by atoms with Crippen molar-refractivity contribution in [3.05, 3.63) is 59.4 Å². The lowest BCUT2D eigenvalue weighted by atomic mass is 10.1. The average molecular weight is 361 g/mol. The fourth-order valence-electron chi connectivity index (χ4n) is 2.20. The first-order valence-corrected chi connectivity index (χ1v) is 8.05. The molecule has 0 saturated carbocycles. The van der Waals surface area contributed by atoms with Gasteiger partial charge in [0.05, 0.1) is 13.7 Å². The molecule has 26 heavy (non-hydrogen) atoms. The normalized spacial score (nSPS) is 10.2. The van der Waals surface area contributed by atoms with Gasteiger partial charge in [0.15, 0.2) is 11.6 Å². The van der Waals surface area contributed by atoms with E-state index in [-0.39, 0.29) is 18.1 Å². The summed E-state index contributed by atoms with van der Waals surface area (Å²) in [5.41, 5.74) is 1.17. The van der Waals surface area contributed by atoms with Gasteiger partial charge in [-0.3, -0.25) is 9.59 Å². The highest BCUT2D eigenvalue weighted by molar-refractivity contribution is 5.94. The smallest absolute Gasteiger partial charge is 0.303 e. The first-order chi connectivity index (χ1) is 12.5. The molecule has 0 spiro atoms. The zero-order valence-corrected chi connectivity index (χ0v) is 14.3. The first kappa shape index (κ1) is 19.2. The number of hydrogen-bond donors (Lipinski definition) is 2. The molecule has 0 heterocycles. The van der Waals surface area contributed by atoms with Gasteiger partial charge in [0, 0.05) is 18.5 Å². The highest BCUT2D eigenvalue weighted by Gasteiger charge is 2.10. The molecule has 0 aliphatic rings. The molecule has 0 atom stereocenters. The Labute approximate surface area is 150 Å². The quantitative estimate of drug-likeness (QED) is 0.671. The lowest BCUT2D eigenvalue weighted by Crippen LogP contribution is -2.22. The van der Waals surface area contributed by atoms with Crippen LogP contribution in [0.15, 0.2) is 42.5 Å². The van der Waals surface area contributed by atoms with E-state index in [2.05, 4.69) is 5.32 Å². The number of carboxylic acids is 1. The van der Waals surface area contributed by atoms with E-state index in [1.54, 1.807) is 24.3 Å². The molecule has 1 amide bonds. The van der Waals surface area contributed by atoms with Crippen LogP contribution in [0.4, 0.5) is 4.39 Å². The second-order valence-electron chi connectivity index (χ2n) is 5.52. The van der Waals surface area contributed by atoms with Crippen LogP contribution < -0.4 is 14.8 Å². The van der Waals surface area contributed by atoms with Gasteiger partial charge in [-0.2, -0.15) is 0 Å². The van der Waals surface area contributed by atoms with Crippen molar-refractivity contribution in [2.24, 2.45) is 0 Å². The standard InChI is InChI=1S/C19H20FNO5/c1-25-17-11-14(6-9-16(17)20)19(24)21-12-13-4-7-15(8-5-13)26-10-2-3-18(22)23/h4-9,11H,2-3,10,12H2,1H3,(H,21,24)(H,22,23). The van der Waals surface area contributed by atoms with E-state index in [0.29, 0.717) is 30.9 Å². The van der Waals surface area contributed by atoms with Crippen LogP contribution in [0.2, 0.25) is 0 Å². The number of benzene rings is 2. The molecule has 138 valence electrons. The summed E-state index contributed by atoms with van der Waals surface area (Å²) in [5.74, 6) is -1.06. The van der Waals surface area contributed by atoms with E-state index in [0.717, 1.165) is 5.56 Å². The van der Waals surface area contributed by atoms with Gasteiger partial charge >= 0.3 is 5.97 Å². The molecule has 7 heteroatoms. The van der Waals surface area contributed by atoms with Gasteiger partial charge in [-0.25, -0.2) is 4.39 Å². The van der Waals surface area contributed by atoms with Crippen LogP contribution in [0.3, 0.4) is 0 Å². The predicted octanol–water partition coefficient (Wildman–Crippen LogP) is 3.01. The number of hydrogen-bond acceptors (Lipinski definition) is 4. The van der Waals surface area contributed by atoms with Crippen molar-refractivity contribution in [3.63, 3.8) is 0 Å². The summed E-state index contributed by atoms with van der Waals surface area (Å²) >= 11 is 0. The third kappa shape index (κ3) is 5.77. The van der Waals surface area contributed by atoms with Crippen LogP contribution in [0.5, 0.6) is 11.5 Å². The van der Waals surface area contributed by atoms with Crippen molar-refractivity contribution in [3.8, 4) is 11.5 Å². The maximum absolute atomic E-state index is 13.4. The van der Waals surface area contributed by atoms with E-state index < -0.39 is 11.8 Å². The van der Waals surface area contributed by atoms with Crippen LogP contribution in [0.25, 0.3) is 0 Å². The summed E-state index contributed by atoms with van der Waals surface area (Å²) in [5, 5.41) is 11.3. The van der Waals surface area contributed by atoms with Crippen molar-refractivity contribution < 1.29 is 28.6 Å². The Bertz CT molecular complexity index is 761. The molecule has 0 saturated heterocycles. The SMILES string of the molecule is COc1cc(C(=O)NCc2ccc(OCCCC(=O)O)cc2)ccc1F. The van der Waals surface area contributed by atoms with E-state index in [1.165, 1.54) is 25.3 Å². The lowest BCUT2D eigenvalue weighted by molar-refractivity contribution is -0.137. The molecule has 0 aliphatic heterocycles. The Balaban J connectivity index is 1.83. The summed E-state index contributed by atoms with van der Waals surface area (Å²) in [7, 11) is 1.34. The summed E-state index contributed by atoms with van der Waals surface area (Å²) in [4.78, 5) is 22.6. The Morgan fingerprint density at radius 3 is 2.54 bits per heavy atom. The van der Waals surface area contributed by atoms with Crippen molar-refractivity contribution in [1.29, 1.82) is 0 Å². The molecule has 2 rings (SSSR count). The number of carbonyl (C=O) groups excluding carboxylic acids is 1. The van der Waals surface area contributed by atoms with Crippen molar-refractivity contribution >= 4 is 11.9 Å². The molecule has 2 N–H and O–H groups in total. The number of ether oxygens (including phenoxy) is 2. The van der Waals surface area contributed by atoms with Gasteiger partial charge in [0.1, 0.15) is 5.75 Å². The highest BCUT2D eigenvalue weighted by Crippen LogP contribution is 2.18. The average Bonchev–Trinajstić information content (AvgIpc) is 2.64. The largest absolute Gasteiger partial charge is 0.494 e. The van der Waals surface area contributed by atoms with E-state index in [4.69, 9.17) is 14.6 Å². The Hall–Kier alpha value is -3.09. The Morgan fingerprint density at radius 1 is 1.15 bits per heavy atom. The number of carbonyl (C=O) groups is 2. The van der Waals surface area contributed by atoms with Gasteiger partial charge < -0.3 is 19.9 Å². The monoisotopic (exact) mass is 361 g/mol. The van der Waals surface area contributed by atoms with Crippen molar-refractivity contribution in [2.75, 3.05) is 13.7 Å². The molecule has 6 nitrogen and oxygen atoms in total. The minimum Gasteiger partial charge on any atom is -0.494 e. The third-order valence-electron chi connectivity index (χ3n) is 3.59. The fourth-order valence-corrected chi connectivity index (χ4v) is 2.20. The topological polar surface area (TPSA) is 84.9 Å². The fraction of sp³-hybridized carbons (Fsp3) is 0.263. The van der Waals surface area contributed by atoms with Crippen LogP contribution in [-0.2, 0) is 11.3 Å². The zero-order valence-electron chi connectivity index (χ0n) is 14.3. The van der Waals surface area contributed by atoms with E-state index in [1.807, 2.05) is 0 Å². The first-order valence-electron chi connectivity index (χ1n) is 8.05. The van der Waals surface area contributed by atoms with Gasteiger partial charge in [0.25, 0.3) is 5.91 Å². The molecule has 2 aromatic carbocycles. The highest BCUT2D eigenvalue weighted by atomic mass is 19.1. The number of amides is 1. The van der Waals surface area contributed by atoms with Gasteiger partial charge in [-0.15, -0.1) is 0 Å². The lowest BCUT2D eigenvalue weighted by Gasteiger charge is -2.09. The van der Waals surface area contributed by atoms with Crippen LogP contribution >= 0.6 is 0 Å². The molecule has 2 aromatic rings. The van der Waals surface area contributed by atoms with Crippen LogP contribution in [-0.4, -0.2) is 30.7 Å². The number of nitrogens with one attached hydrogen (secondary N) is 1. The molecule has 0 aliphatic carbocycles. The molecule has 0 aromatic heterocycles. The number of halogens is 1. The van der Waals surface area contributed by atoms with E-state index in [9.17, 15) is 14.0 Å². The number of aliphatic carboxylic acids is 1. The van der Waals surface area contributed by atoms with Gasteiger partial charge in [-0.1, -0.05) is 12.1 Å². The predicted molar refractivity (Wildman–Crippen MR) is 92.9 cm³/mol. The number of methoxy groups -OCH3 is 1. The minimum absolute atomic E-state index is 0.0158. The zero-order chi connectivity index (χ0) is 18.9. The van der Waals surface area contributed by atoms with Crippen molar-refractivity contribution in [1.82, 2.24) is 5.32 Å². The Kier molecular flexibility index (Phi) is 6.96. The summed E-state index contributed by atoms with van der Waals surface area (Å²) in [6.07, 6.45) is 0.507. The molecule has 0 radical (unpaired) electrons. The van der Waals surface area contributed by atoms with Crippen LogP contribution in [0, 0.1) is 5.82 Å². The van der Waals surface area contributed by atoms with E-state index >= 15 is 0 Å². The van der Waals surface area contributed by atoms with Gasteiger partial charge in [0.2, 0.25) is 0 Å². The molecule has 0 unspecified atom stereocenters. The summed E-state index contributed by atoms with van der Waals surface area (Å²) in [6.45, 7) is 0.632. The molecule has 0 bridgehead atoms. The maximum Gasteiger partial charge on any atom is 0.303 e. The summed E-state index contributed by atoms with van der Waals surface area (Å²) in [6, 6.07) is 11.0. The number of carboxylic acid groups (broad SMARTS) is 1. The van der Waals surface area contributed by atoms with Crippen molar-refractivity contribution in [2.45, 2.75) is 19.4 Å². The van der Waals surface area contributed by atoms with Gasteiger partial charge in [-0.05, 0) is 42.3 Å². The molecular weight excluding hydrogens is 341 g/mol. The molecular formula is C19H20FNO5. The Morgan fingerprint density at radius 2 is 1.88 bits per heavy atom. The maximum atomic E-state index is 13.4. The third-order valence-corrected chi connectivity index (χ3v) is 3.59. The van der Waals surface area contributed by atoms with Crippen LogP contribution in [0.1, 0.15) is 28.8 Å². The number of rotatable bonds is 9. The second kappa shape index (κ2) is 9.41.